The van der Waals surface area contributed by atoms with E-state index in [4.69, 9.17) is 4.74 Å². The fourth-order valence-corrected chi connectivity index (χ4v) is 2.97. The van der Waals surface area contributed by atoms with Gasteiger partial charge in [-0.2, -0.15) is 0 Å². The van der Waals surface area contributed by atoms with Gasteiger partial charge >= 0.3 is 0 Å². The number of hydrogen-bond donors (Lipinski definition) is 3. The molecular formula is C21H26FN5O. The first kappa shape index (κ1) is 19.7. The Hall–Kier alpha value is -3.09. The Morgan fingerprint density at radius 1 is 1.25 bits per heavy atom. The van der Waals surface area contributed by atoms with Crippen LogP contribution in [0.5, 0.6) is 5.88 Å². The maximum Gasteiger partial charge on any atom is 0.218 e. The second kappa shape index (κ2) is 9.73. The van der Waals surface area contributed by atoms with E-state index in [0.717, 1.165) is 34.9 Å². The van der Waals surface area contributed by atoms with Gasteiger partial charge in [0.15, 0.2) is 5.96 Å². The first-order valence-electron chi connectivity index (χ1n) is 9.48. The lowest BCUT2D eigenvalue weighted by molar-refractivity contribution is 0.301. The van der Waals surface area contributed by atoms with E-state index in [1.54, 1.807) is 13.2 Å². The van der Waals surface area contributed by atoms with Crippen LogP contribution in [-0.2, 0) is 13.0 Å². The van der Waals surface area contributed by atoms with Crippen LogP contribution in [0, 0.1) is 5.82 Å². The lowest BCUT2D eigenvalue weighted by Crippen LogP contribution is -2.38. The molecular weight excluding hydrogens is 357 g/mol. The Labute approximate surface area is 164 Å². The molecule has 1 aromatic carbocycles. The minimum atomic E-state index is -0.235. The minimum absolute atomic E-state index is 0.235. The number of ether oxygens (including phenoxy) is 1. The van der Waals surface area contributed by atoms with E-state index in [-0.39, 0.29) is 5.82 Å². The number of halogens is 1. The number of rotatable bonds is 8. The monoisotopic (exact) mass is 383 g/mol. The van der Waals surface area contributed by atoms with Crippen molar-refractivity contribution in [2.45, 2.75) is 26.3 Å². The van der Waals surface area contributed by atoms with Gasteiger partial charge < -0.3 is 20.4 Å². The van der Waals surface area contributed by atoms with Crippen molar-refractivity contribution >= 4 is 16.9 Å². The molecule has 0 saturated heterocycles. The smallest absolute Gasteiger partial charge is 0.218 e. The van der Waals surface area contributed by atoms with Crippen molar-refractivity contribution in [3.63, 3.8) is 0 Å². The average Bonchev–Trinajstić information content (AvgIpc) is 3.11. The van der Waals surface area contributed by atoms with Crippen LogP contribution in [0.2, 0.25) is 0 Å². The van der Waals surface area contributed by atoms with E-state index in [1.165, 1.54) is 12.1 Å². The number of H-pyrrole nitrogens is 1. The molecule has 28 heavy (non-hydrogen) atoms. The van der Waals surface area contributed by atoms with Gasteiger partial charge in [-0.05, 0) is 42.7 Å². The Morgan fingerprint density at radius 3 is 2.96 bits per heavy atom. The van der Waals surface area contributed by atoms with Crippen LogP contribution in [0.25, 0.3) is 10.9 Å². The van der Waals surface area contributed by atoms with Gasteiger partial charge in [-0.1, -0.05) is 13.0 Å². The highest BCUT2D eigenvalue weighted by Gasteiger charge is 2.07. The van der Waals surface area contributed by atoms with Gasteiger partial charge in [0.1, 0.15) is 5.82 Å². The third-order valence-corrected chi connectivity index (χ3v) is 4.38. The van der Waals surface area contributed by atoms with Crippen molar-refractivity contribution in [2.24, 2.45) is 4.99 Å². The number of guanidine groups is 1. The molecule has 0 spiro atoms. The van der Waals surface area contributed by atoms with Gasteiger partial charge in [-0.3, -0.25) is 4.99 Å². The molecule has 0 atom stereocenters. The number of aliphatic imine (C=N–C) groups is 1. The van der Waals surface area contributed by atoms with Crippen LogP contribution < -0.4 is 15.4 Å². The Kier molecular flexibility index (Phi) is 6.84. The summed E-state index contributed by atoms with van der Waals surface area (Å²) in [5.41, 5.74) is 2.94. The topological polar surface area (TPSA) is 74.3 Å². The van der Waals surface area contributed by atoms with Crippen LogP contribution >= 0.6 is 0 Å². The van der Waals surface area contributed by atoms with E-state index >= 15 is 0 Å². The lowest BCUT2D eigenvalue weighted by Gasteiger charge is -2.14. The maximum atomic E-state index is 13.3. The van der Waals surface area contributed by atoms with Gasteiger partial charge in [-0.15, -0.1) is 0 Å². The molecule has 2 aromatic heterocycles. The van der Waals surface area contributed by atoms with Crippen LogP contribution in [0.4, 0.5) is 4.39 Å². The summed E-state index contributed by atoms with van der Waals surface area (Å²) in [5.74, 6) is 1.12. The van der Waals surface area contributed by atoms with Gasteiger partial charge in [0.05, 0.1) is 6.61 Å². The van der Waals surface area contributed by atoms with E-state index in [9.17, 15) is 4.39 Å². The summed E-state index contributed by atoms with van der Waals surface area (Å²) < 4.78 is 19.0. The molecule has 7 heteroatoms. The van der Waals surface area contributed by atoms with Crippen LogP contribution in [0.15, 0.2) is 47.7 Å². The van der Waals surface area contributed by atoms with Crippen molar-refractivity contribution in [1.29, 1.82) is 0 Å². The quantitative estimate of drug-likeness (QED) is 0.412. The van der Waals surface area contributed by atoms with E-state index in [2.05, 4.69) is 32.5 Å². The predicted octanol–water partition coefficient (Wildman–Crippen LogP) is 3.40. The minimum Gasteiger partial charge on any atom is -0.477 e. The Balaban J connectivity index is 1.52. The number of aromatic nitrogens is 2. The largest absolute Gasteiger partial charge is 0.477 e. The second-order valence-corrected chi connectivity index (χ2v) is 6.42. The summed E-state index contributed by atoms with van der Waals surface area (Å²) in [6.07, 6.45) is 5.39. The zero-order chi connectivity index (χ0) is 19.8. The first-order valence-corrected chi connectivity index (χ1v) is 9.48. The second-order valence-electron chi connectivity index (χ2n) is 6.42. The zero-order valence-electron chi connectivity index (χ0n) is 16.3. The molecule has 3 N–H and O–H groups in total. The molecule has 0 radical (unpaired) electrons. The molecule has 0 aliphatic heterocycles. The summed E-state index contributed by atoms with van der Waals surface area (Å²) in [6.45, 7) is 3.98. The van der Waals surface area contributed by atoms with Gasteiger partial charge in [-0.25, -0.2) is 9.37 Å². The normalized spacial score (nSPS) is 11.6. The van der Waals surface area contributed by atoms with E-state index < -0.39 is 0 Å². The first-order chi connectivity index (χ1) is 13.7. The summed E-state index contributed by atoms with van der Waals surface area (Å²) in [4.78, 5) is 11.7. The lowest BCUT2D eigenvalue weighted by atomic mass is 10.1. The zero-order valence-corrected chi connectivity index (χ0v) is 16.3. The number of pyridine rings is 1. The molecule has 6 nitrogen and oxygen atoms in total. The SMILES string of the molecule is CCCOc1ncccc1CNC(=NC)NCCc1c[nH]c2cc(F)ccc12. The standard InChI is InChI=1S/C21H26FN5O/c1-3-11-28-20-16(5-4-9-24-20)14-27-21(23-2)25-10-8-15-13-26-19-12-17(22)6-7-18(15)19/h4-7,9,12-13,26H,3,8,10-11,14H2,1-2H3,(H2,23,25,27). The fourth-order valence-electron chi connectivity index (χ4n) is 2.97. The van der Waals surface area contributed by atoms with Crippen molar-refractivity contribution in [3.8, 4) is 5.88 Å². The number of hydrogen-bond acceptors (Lipinski definition) is 3. The van der Waals surface area contributed by atoms with Gasteiger partial charge in [0.25, 0.3) is 0 Å². The molecule has 148 valence electrons. The predicted molar refractivity (Wildman–Crippen MR) is 110 cm³/mol. The summed E-state index contributed by atoms with van der Waals surface area (Å²) in [7, 11) is 1.74. The molecule has 0 fully saturated rings. The van der Waals surface area contributed by atoms with Crippen molar-refractivity contribution in [3.05, 3.63) is 59.7 Å². The molecule has 0 aliphatic rings. The van der Waals surface area contributed by atoms with Gasteiger partial charge in [0.2, 0.25) is 5.88 Å². The van der Waals surface area contributed by atoms with Gasteiger partial charge in [0, 0.05) is 49.0 Å². The van der Waals surface area contributed by atoms with E-state index in [1.807, 2.05) is 24.4 Å². The summed E-state index contributed by atoms with van der Waals surface area (Å²) in [5, 5.41) is 7.64. The highest BCUT2D eigenvalue weighted by atomic mass is 19.1. The average molecular weight is 383 g/mol. The highest BCUT2D eigenvalue weighted by Crippen LogP contribution is 2.19. The molecule has 3 rings (SSSR count). The fraction of sp³-hybridized carbons (Fsp3) is 0.333. The molecule has 0 amide bonds. The third kappa shape index (κ3) is 5.00. The Morgan fingerprint density at radius 2 is 2.14 bits per heavy atom. The van der Waals surface area contributed by atoms with E-state index in [0.29, 0.717) is 31.5 Å². The summed E-state index contributed by atoms with van der Waals surface area (Å²) >= 11 is 0. The molecule has 3 aromatic rings. The highest BCUT2D eigenvalue weighted by molar-refractivity contribution is 5.83. The number of aromatic amines is 1. The van der Waals surface area contributed by atoms with Crippen molar-refractivity contribution in [1.82, 2.24) is 20.6 Å². The molecule has 2 heterocycles. The molecule has 0 unspecified atom stereocenters. The summed E-state index contributed by atoms with van der Waals surface area (Å²) in [6, 6.07) is 8.69. The maximum absolute atomic E-state index is 13.3. The molecule has 0 saturated carbocycles. The van der Waals surface area contributed by atoms with Crippen LogP contribution in [-0.4, -0.2) is 36.1 Å². The number of fused-ring (bicyclic) bond motifs is 1. The number of nitrogens with zero attached hydrogens (tertiary/aromatic N) is 2. The molecule has 0 bridgehead atoms. The Bertz CT molecular complexity index is 937. The number of nitrogens with one attached hydrogen (secondary N) is 3. The van der Waals surface area contributed by atoms with Crippen molar-refractivity contribution in [2.75, 3.05) is 20.2 Å². The van der Waals surface area contributed by atoms with Crippen LogP contribution in [0.3, 0.4) is 0 Å². The van der Waals surface area contributed by atoms with Crippen molar-refractivity contribution < 1.29 is 9.13 Å². The number of benzene rings is 1. The van der Waals surface area contributed by atoms with Crippen LogP contribution in [0.1, 0.15) is 24.5 Å². The molecule has 0 aliphatic carbocycles. The third-order valence-electron chi connectivity index (χ3n) is 4.38.